The van der Waals surface area contributed by atoms with Gasteiger partial charge in [-0.2, -0.15) is 5.10 Å². The van der Waals surface area contributed by atoms with E-state index in [4.69, 9.17) is 0 Å². The highest BCUT2D eigenvalue weighted by molar-refractivity contribution is 14.1. The summed E-state index contributed by atoms with van der Waals surface area (Å²) in [6.07, 6.45) is 5.08. The first-order chi connectivity index (χ1) is 7.65. The van der Waals surface area contributed by atoms with Crippen LogP contribution in [0.15, 0.2) is 23.8 Å². The second-order valence-corrected chi connectivity index (χ2v) is 6.39. The predicted octanol–water partition coefficient (Wildman–Crippen LogP) is 2.90. The molecule has 84 valence electrons. The van der Waals surface area contributed by atoms with Gasteiger partial charge >= 0.3 is 0 Å². The summed E-state index contributed by atoms with van der Waals surface area (Å²) in [6, 6.07) is 1.94. The molecule has 0 aliphatic rings. The summed E-state index contributed by atoms with van der Waals surface area (Å²) in [4.78, 5) is 11.8. The standard InChI is InChI=1S/C11H11IN2OS/c1-14-6-8(5-13-14)2-3-10(15)9-4-11(12)16-7-9/h4-7H,2-3H2,1H3. The van der Waals surface area contributed by atoms with E-state index in [9.17, 15) is 4.79 Å². The normalized spacial score (nSPS) is 10.6. The van der Waals surface area contributed by atoms with Crippen molar-refractivity contribution in [3.63, 3.8) is 0 Å². The van der Waals surface area contributed by atoms with E-state index < -0.39 is 0 Å². The van der Waals surface area contributed by atoms with E-state index in [1.807, 2.05) is 30.9 Å². The zero-order valence-electron chi connectivity index (χ0n) is 8.81. The molecule has 0 atom stereocenters. The Morgan fingerprint density at radius 3 is 3.00 bits per heavy atom. The second kappa shape index (κ2) is 5.09. The minimum Gasteiger partial charge on any atom is -0.294 e. The van der Waals surface area contributed by atoms with Crippen molar-refractivity contribution in [2.45, 2.75) is 12.8 Å². The molecule has 0 N–H and O–H groups in total. The number of nitrogens with zero attached hydrogens (tertiary/aromatic N) is 2. The zero-order valence-corrected chi connectivity index (χ0v) is 11.8. The summed E-state index contributed by atoms with van der Waals surface area (Å²) in [5.74, 6) is 0.211. The zero-order chi connectivity index (χ0) is 11.5. The van der Waals surface area contributed by atoms with Gasteiger partial charge in [0.25, 0.3) is 0 Å². The quantitative estimate of drug-likeness (QED) is 0.630. The molecule has 3 nitrogen and oxygen atoms in total. The summed E-state index contributed by atoms with van der Waals surface area (Å²) < 4.78 is 2.91. The van der Waals surface area contributed by atoms with Crippen LogP contribution >= 0.6 is 33.9 Å². The van der Waals surface area contributed by atoms with Crippen LogP contribution in [0.2, 0.25) is 0 Å². The Balaban J connectivity index is 1.93. The van der Waals surface area contributed by atoms with E-state index in [1.54, 1.807) is 16.0 Å². The van der Waals surface area contributed by atoms with E-state index in [-0.39, 0.29) is 5.78 Å². The van der Waals surface area contributed by atoms with E-state index >= 15 is 0 Å². The molecular formula is C11H11IN2OS. The van der Waals surface area contributed by atoms with Gasteiger partial charge < -0.3 is 0 Å². The van der Waals surface area contributed by atoms with Gasteiger partial charge in [-0.3, -0.25) is 9.48 Å². The summed E-state index contributed by atoms with van der Waals surface area (Å²) >= 11 is 3.84. The lowest BCUT2D eigenvalue weighted by Crippen LogP contribution is -1.99. The van der Waals surface area contributed by atoms with Crippen LogP contribution in [0.1, 0.15) is 22.3 Å². The summed E-state index contributed by atoms with van der Waals surface area (Å²) in [5.41, 5.74) is 1.94. The van der Waals surface area contributed by atoms with Gasteiger partial charge in [0.15, 0.2) is 5.78 Å². The molecule has 0 bridgehead atoms. The van der Waals surface area contributed by atoms with Gasteiger partial charge in [-0.25, -0.2) is 0 Å². The van der Waals surface area contributed by atoms with Crippen LogP contribution in [-0.2, 0) is 13.5 Å². The number of rotatable bonds is 4. The fourth-order valence-electron chi connectivity index (χ4n) is 1.46. The number of carbonyl (C=O) groups excluding carboxylic acids is 1. The SMILES string of the molecule is Cn1cc(CCC(=O)c2csc(I)c2)cn1. The molecule has 0 unspecified atom stereocenters. The van der Waals surface area contributed by atoms with E-state index in [0.29, 0.717) is 6.42 Å². The first kappa shape index (κ1) is 11.8. The topological polar surface area (TPSA) is 34.9 Å². The van der Waals surface area contributed by atoms with E-state index in [2.05, 4.69) is 27.7 Å². The molecule has 0 aromatic carbocycles. The Kier molecular flexibility index (Phi) is 3.75. The van der Waals surface area contributed by atoms with Gasteiger partial charge in [-0.15, -0.1) is 11.3 Å². The molecular weight excluding hydrogens is 335 g/mol. The number of Topliss-reactive ketones (excluding diaryl/α,β-unsaturated/α-hetero) is 1. The van der Waals surface area contributed by atoms with Crippen molar-refractivity contribution in [1.82, 2.24) is 9.78 Å². The average molecular weight is 346 g/mol. The van der Waals surface area contributed by atoms with Crippen LogP contribution in [-0.4, -0.2) is 15.6 Å². The number of hydrogen-bond donors (Lipinski definition) is 0. The van der Waals surface area contributed by atoms with Crippen molar-refractivity contribution in [3.8, 4) is 0 Å². The van der Waals surface area contributed by atoms with Gasteiger partial charge in [0.05, 0.1) is 9.08 Å². The van der Waals surface area contributed by atoms with Crippen LogP contribution < -0.4 is 0 Å². The lowest BCUT2D eigenvalue weighted by Gasteiger charge is -1.95. The molecule has 2 aromatic heterocycles. The first-order valence-corrected chi connectivity index (χ1v) is 6.86. The molecule has 2 heterocycles. The van der Waals surface area contributed by atoms with E-state index in [0.717, 1.165) is 20.4 Å². The van der Waals surface area contributed by atoms with Crippen molar-refractivity contribution >= 4 is 39.7 Å². The third kappa shape index (κ3) is 2.91. The Morgan fingerprint density at radius 2 is 2.44 bits per heavy atom. The van der Waals surface area contributed by atoms with Crippen LogP contribution in [0.25, 0.3) is 0 Å². The molecule has 2 aromatic rings. The van der Waals surface area contributed by atoms with Crippen molar-refractivity contribution in [2.75, 3.05) is 0 Å². The van der Waals surface area contributed by atoms with Crippen molar-refractivity contribution < 1.29 is 4.79 Å². The summed E-state index contributed by atoms with van der Waals surface area (Å²) in [5, 5.41) is 6.00. The van der Waals surface area contributed by atoms with Gasteiger partial charge in [-0.05, 0) is 40.6 Å². The van der Waals surface area contributed by atoms with E-state index in [1.165, 1.54) is 0 Å². The van der Waals surface area contributed by atoms with Gasteiger partial charge in [0.1, 0.15) is 0 Å². The molecule has 0 fully saturated rings. The third-order valence-electron chi connectivity index (χ3n) is 2.29. The molecule has 2 rings (SSSR count). The summed E-state index contributed by atoms with van der Waals surface area (Å²) in [6.45, 7) is 0. The second-order valence-electron chi connectivity index (χ2n) is 3.58. The number of thiophene rings is 1. The minimum absolute atomic E-state index is 0.211. The molecule has 0 saturated heterocycles. The smallest absolute Gasteiger partial charge is 0.164 e. The van der Waals surface area contributed by atoms with Gasteiger partial charge in [0, 0.05) is 30.6 Å². The van der Waals surface area contributed by atoms with Crippen LogP contribution in [0.4, 0.5) is 0 Å². The Labute approximate surface area is 112 Å². The maximum atomic E-state index is 11.8. The summed E-state index contributed by atoms with van der Waals surface area (Å²) in [7, 11) is 1.88. The van der Waals surface area contributed by atoms with Crippen molar-refractivity contribution in [1.29, 1.82) is 0 Å². The van der Waals surface area contributed by atoms with Crippen LogP contribution in [0.3, 0.4) is 0 Å². The van der Waals surface area contributed by atoms with Gasteiger partial charge in [0.2, 0.25) is 0 Å². The highest BCUT2D eigenvalue weighted by atomic mass is 127. The largest absolute Gasteiger partial charge is 0.294 e. The third-order valence-corrected chi connectivity index (χ3v) is 4.08. The van der Waals surface area contributed by atoms with Gasteiger partial charge in [-0.1, -0.05) is 0 Å². The fraction of sp³-hybridized carbons (Fsp3) is 0.273. The van der Waals surface area contributed by atoms with Crippen molar-refractivity contribution in [2.24, 2.45) is 7.05 Å². The lowest BCUT2D eigenvalue weighted by atomic mass is 10.1. The molecule has 0 spiro atoms. The number of aromatic nitrogens is 2. The maximum absolute atomic E-state index is 11.8. The molecule has 16 heavy (non-hydrogen) atoms. The molecule has 0 radical (unpaired) electrons. The van der Waals surface area contributed by atoms with Crippen LogP contribution in [0, 0.1) is 2.88 Å². The maximum Gasteiger partial charge on any atom is 0.164 e. The molecule has 0 aliphatic heterocycles. The molecule has 0 saturated carbocycles. The highest BCUT2D eigenvalue weighted by Gasteiger charge is 2.08. The lowest BCUT2D eigenvalue weighted by molar-refractivity contribution is 0.0983. The number of hydrogen-bond acceptors (Lipinski definition) is 3. The molecule has 0 amide bonds. The number of aryl methyl sites for hydroxylation is 2. The van der Waals surface area contributed by atoms with Crippen molar-refractivity contribution in [3.05, 3.63) is 37.9 Å². The Hall–Kier alpha value is -0.690. The van der Waals surface area contributed by atoms with Crippen LogP contribution in [0.5, 0.6) is 0 Å². The number of halogens is 1. The first-order valence-electron chi connectivity index (χ1n) is 4.90. The monoisotopic (exact) mass is 346 g/mol. The Bertz CT molecular complexity index is 504. The number of ketones is 1. The highest BCUT2D eigenvalue weighted by Crippen LogP contribution is 2.18. The Morgan fingerprint density at radius 1 is 1.62 bits per heavy atom. The number of carbonyl (C=O) groups is 1. The molecule has 0 aliphatic carbocycles. The average Bonchev–Trinajstić information content (AvgIpc) is 2.84. The minimum atomic E-state index is 0.211. The molecule has 5 heteroatoms. The predicted molar refractivity (Wildman–Crippen MR) is 72.9 cm³/mol. The fourth-order valence-corrected chi connectivity index (χ4v) is 2.81.